The van der Waals surface area contributed by atoms with Crippen molar-refractivity contribution in [2.75, 3.05) is 34.4 Å². The van der Waals surface area contributed by atoms with Gasteiger partial charge >= 0.3 is 22.3 Å². The Bertz CT molecular complexity index is 2270. The number of aliphatic hydroxyl groups is 2. The van der Waals surface area contributed by atoms with Gasteiger partial charge in [-0.25, -0.2) is 14.3 Å². The Labute approximate surface area is 444 Å². The van der Waals surface area contributed by atoms with Crippen LogP contribution in [0.1, 0.15) is 126 Å². The van der Waals surface area contributed by atoms with Crippen LogP contribution in [0.3, 0.4) is 0 Å². The standard InChI is InChI=1S/C55H83N3O16S/c1-12-25-56-75(67,68)57-54(65)73-44-24-22-40(30-47(44)70-10)29-36(5)46-32-43(59)35(4)28-38(7)49(61)50(71-11)48(60)37(6)27-33(2)18-14-13-15-19-34(3)45(69-9)31-41-23-21-39(8)55(66,74-41)51(62)52(63)58-26-17-16-20-42(58)53(64)72-46/h1,13-15,18-19,28,33,35-37,39-42,44-47,49-50,56,61,66H,16-17,20-27,29-32H2,2-11H3,(H,57,65)/b15-13+,18-14+,34-19+,38-28+/t33-,35-,36-,37-,39-,40+,41+,42+,44-,45+,46+,47-,49-,50+,55-/m1/s1. The molecule has 0 aromatic carbocycles. The van der Waals surface area contributed by atoms with E-state index < -0.39 is 112 Å². The zero-order chi connectivity index (χ0) is 55.8. The van der Waals surface area contributed by atoms with Crippen molar-refractivity contribution in [3.05, 3.63) is 47.6 Å². The second-order valence-corrected chi connectivity index (χ2v) is 22.6. The number of esters is 1. The summed E-state index contributed by atoms with van der Waals surface area (Å²) < 4.78 is 63.2. The van der Waals surface area contributed by atoms with Crippen LogP contribution in [-0.2, 0) is 62.6 Å². The number of piperidine rings is 1. The predicted octanol–water partition coefficient (Wildman–Crippen LogP) is 5.38. The molecule has 3 fully saturated rings. The van der Waals surface area contributed by atoms with Crippen LogP contribution in [0.2, 0.25) is 0 Å². The lowest BCUT2D eigenvalue weighted by atomic mass is 9.78. The first-order chi connectivity index (χ1) is 35.4. The Hall–Kier alpha value is -4.59. The molecule has 0 aromatic heterocycles. The Kier molecular flexibility index (Phi) is 24.5. The number of ether oxygens (including phenoxy) is 6. The number of carbonyl (C=O) groups excluding carboxylic acids is 6. The lowest BCUT2D eigenvalue weighted by molar-refractivity contribution is -0.265. The van der Waals surface area contributed by atoms with Gasteiger partial charge in [0.25, 0.3) is 11.7 Å². The lowest BCUT2D eigenvalue weighted by Crippen LogP contribution is -2.61. The first-order valence-electron chi connectivity index (χ1n) is 26.3. The van der Waals surface area contributed by atoms with Crippen molar-refractivity contribution in [1.82, 2.24) is 14.3 Å². The minimum atomic E-state index is -4.27. The number of fused-ring (bicyclic) bond motifs is 3. The smallest absolute Gasteiger partial charge is 0.422 e. The molecule has 2 bridgehead atoms. The van der Waals surface area contributed by atoms with Gasteiger partial charge in [-0.1, -0.05) is 77.0 Å². The monoisotopic (exact) mass is 1070 g/mol. The van der Waals surface area contributed by atoms with Gasteiger partial charge in [-0.05, 0) is 107 Å². The van der Waals surface area contributed by atoms with E-state index in [4.69, 9.17) is 34.8 Å². The normalized spacial score (nSPS) is 36.5. The molecule has 3 heterocycles. The van der Waals surface area contributed by atoms with Crippen molar-refractivity contribution in [1.29, 1.82) is 0 Å². The van der Waals surface area contributed by atoms with Gasteiger partial charge in [-0.3, -0.25) is 19.2 Å². The highest BCUT2D eigenvalue weighted by molar-refractivity contribution is 7.88. The molecule has 19 nitrogen and oxygen atoms in total. The molecule has 2 amide bonds. The summed E-state index contributed by atoms with van der Waals surface area (Å²) in [7, 11) is 0.0654. The van der Waals surface area contributed by atoms with Crippen molar-refractivity contribution in [3.8, 4) is 12.3 Å². The van der Waals surface area contributed by atoms with E-state index in [0.29, 0.717) is 56.9 Å². The number of carbonyl (C=O) groups is 6. The third kappa shape index (κ3) is 17.7. The topological polar surface area (TPSA) is 260 Å². The molecular weight excluding hydrogens is 991 g/mol. The van der Waals surface area contributed by atoms with Crippen LogP contribution in [0.5, 0.6) is 0 Å². The van der Waals surface area contributed by atoms with E-state index in [-0.39, 0.29) is 62.2 Å². The number of hydrogen-bond acceptors (Lipinski definition) is 16. The average Bonchev–Trinajstić information content (AvgIpc) is 3.37. The molecule has 0 aromatic rings. The molecule has 75 heavy (non-hydrogen) atoms. The van der Waals surface area contributed by atoms with Gasteiger partial charge in [0, 0.05) is 58.5 Å². The van der Waals surface area contributed by atoms with E-state index in [1.807, 2.05) is 55.9 Å². The van der Waals surface area contributed by atoms with E-state index in [1.165, 1.54) is 14.2 Å². The van der Waals surface area contributed by atoms with Crippen molar-refractivity contribution >= 4 is 45.5 Å². The molecule has 3 aliphatic heterocycles. The van der Waals surface area contributed by atoms with Crippen LogP contribution < -0.4 is 9.44 Å². The van der Waals surface area contributed by atoms with Gasteiger partial charge in [-0.15, -0.1) is 6.42 Å². The number of cyclic esters (lactones) is 1. The molecule has 0 unspecified atom stereocenters. The van der Waals surface area contributed by atoms with Crippen LogP contribution in [-0.4, -0.2) is 148 Å². The molecule has 4 aliphatic rings. The number of amides is 2. The summed E-state index contributed by atoms with van der Waals surface area (Å²) in [5.41, 5.74) is 1.18. The van der Waals surface area contributed by atoms with Crippen LogP contribution >= 0.6 is 0 Å². The van der Waals surface area contributed by atoms with Crippen molar-refractivity contribution < 1.29 is 75.8 Å². The molecule has 4 N–H and O–H groups in total. The number of rotatable bonds is 10. The molecule has 20 heteroatoms. The molecule has 4 rings (SSSR count). The quantitative estimate of drug-likeness (QED) is 0.0926. The number of Topliss-reactive ketones (excluding diaryl/α,β-unsaturated/α-hetero) is 3. The highest BCUT2D eigenvalue weighted by Crippen LogP contribution is 2.38. The maximum atomic E-state index is 14.5. The summed E-state index contributed by atoms with van der Waals surface area (Å²) >= 11 is 0. The summed E-state index contributed by atoms with van der Waals surface area (Å²) in [6.45, 7) is 12.1. The van der Waals surface area contributed by atoms with Gasteiger partial charge in [0.15, 0.2) is 5.78 Å². The van der Waals surface area contributed by atoms with Gasteiger partial charge in [-0.2, -0.15) is 13.1 Å². The number of nitrogens with one attached hydrogen (secondary N) is 2. The predicted molar refractivity (Wildman–Crippen MR) is 278 cm³/mol. The van der Waals surface area contributed by atoms with E-state index in [0.717, 1.165) is 10.5 Å². The first kappa shape index (κ1) is 62.9. The number of nitrogens with zero attached hydrogens (tertiary/aromatic N) is 1. The molecule has 0 spiro atoms. The van der Waals surface area contributed by atoms with E-state index in [9.17, 15) is 47.4 Å². The second kappa shape index (κ2) is 29.2. The van der Waals surface area contributed by atoms with Crippen LogP contribution in [0, 0.1) is 47.9 Å². The van der Waals surface area contributed by atoms with E-state index >= 15 is 0 Å². The molecule has 2 saturated heterocycles. The highest BCUT2D eigenvalue weighted by atomic mass is 32.2. The molecular formula is C55H83N3O16S. The summed E-state index contributed by atoms with van der Waals surface area (Å²) in [4.78, 5) is 85.0. The van der Waals surface area contributed by atoms with Crippen LogP contribution in [0.25, 0.3) is 0 Å². The maximum Gasteiger partial charge on any atom is 0.422 e. The van der Waals surface area contributed by atoms with Gasteiger partial charge in [0.1, 0.15) is 36.2 Å². The number of hydrogen-bond donors (Lipinski definition) is 4. The Balaban J connectivity index is 1.67. The number of aliphatic hydroxyl groups excluding tert-OH is 1. The molecule has 0 radical (unpaired) electrons. The van der Waals surface area contributed by atoms with Gasteiger partial charge < -0.3 is 43.5 Å². The minimum absolute atomic E-state index is 0.0190. The van der Waals surface area contributed by atoms with E-state index in [1.54, 1.807) is 45.6 Å². The second-order valence-electron chi connectivity index (χ2n) is 21.1. The minimum Gasteiger partial charge on any atom is -0.460 e. The summed E-state index contributed by atoms with van der Waals surface area (Å²) in [6.07, 6.45) is 12.7. The first-order valence-corrected chi connectivity index (χ1v) is 27.8. The molecule has 420 valence electrons. The van der Waals surface area contributed by atoms with Crippen LogP contribution in [0.15, 0.2) is 47.6 Å². The fourth-order valence-corrected chi connectivity index (χ4v) is 11.3. The van der Waals surface area contributed by atoms with Crippen molar-refractivity contribution in [2.45, 2.75) is 180 Å². The third-order valence-corrected chi connectivity index (χ3v) is 16.3. The number of methoxy groups -OCH3 is 3. The summed E-state index contributed by atoms with van der Waals surface area (Å²) in [6, 6.07) is -1.23. The number of allylic oxidation sites excluding steroid dienone is 6. The van der Waals surface area contributed by atoms with Crippen molar-refractivity contribution in [3.63, 3.8) is 0 Å². The zero-order valence-corrected chi connectivity index (χ0v) is 46.3. The lowest BCUT2D eigenvalue weighted by Gasteiger charge is -2.42. The number of ketones is 3. The summed E-state index contributed by atoms with van der Waals surface area (Å²) in [5.74, 6) is -6.83. The zero-order valence-electron chi connectivity index (χ0n) is 45.5. The fraction of sp³-hybridized carbons (Fsp3) is 0.709. The van der Waals surface area contributed by atoms with Gasteiger partial charge in [0.05, 0.1) is 24.9 Å². The molecule has 1 aliphatic carbocycles. The van der Waals surface area contributed by atoms with Crippen LogP contribution in [0.4, 0.5) is 4.79 Å². The van der Waals surface area contributed by atoms with E-state index in [2.05, 4.69) is 5.92 Å². The Morgan fingerprint density at radius 1 is 0.920 bits per heavy atom. The highest BCUT2D eigenvalue weighted by Gasteiger charge is 2.53. The van der Waals surface area contributed by atoms with Gasteiger partial charge in [0.2, 0.25) is 5.79 Å². The SMILES string of the molecule is C#CCNS(=O)(=O)NC(=O)O[C@@H]1CC[C@@H](C[C@@H](C)[C@@H]2CC(=O)[C@H](C)/C=C(\C)[C@@H](O)[C@@H](OC)C(=O)[C@H](C)C[C@H](C)/C=C/C=C/C=C(\C)[C@@H](OC)C[C@@H]3CC[C@@H](C)[C@@](O)(O3)C(=O)C(=O)N3CCCC[C@H]3C(=O)O2)C[C@H]1OC. The Morgan fingerprint density at radius 2 is 1.64 bits per heavy atom. The number of terminal acetylenes is 1. The third-order valence-electron chi connectivity index (χ3n) is 15.3. The fourth-order valence-electron chi connectivity index (χ4n) is 10.7. The molecule has 1 saturated carbocycles. The molecule has 15 atom stereocenters. The summed E-state index contributed by atoms with van der Waals surface area (Å²) in [5, 5.41) is 23.5. The Morgan fingerprint density at radius 3 is 2.31 bits per heavy atom. The largest absolute Gasteiger partial charge is 0.460 e. The maximum absolute atomic E-state index is 14.5. The average molecular weight is 1070 g/mol. The van der Waals surface area contributed by atoms with Crippen molar-refractivity contribution in [2.24, 2.45) is 35.5 Å².